The standard InChI is InChI=1S/C28H24N2O4/c1-18-10-15-24-25(16-18)28(33)30(27(24)32)21-7-5-6-19(17-21)26(31)29-20-11-13-23(14-12-20)34-22-8-3-2-4-9-22/h2-14,17,24-25H,15-16H2,1H3,(H,29,31)/t24-,25-/m1/s1. The lowest BCUT2D eigenvalue weighted by atomic mass is 9.82. The highest BCUT2D eigenvalue weighted by atomic mass is 16.5. The van der Waals surface area contributed by atoms with Crippen LogP contribution in [0.2, 0.25) is 0 Å². The van der Waals surface area contributed by atoms with Crippen LogP contribution in [0.1, 0.15) is 30.1 Å². The number of para-hydroxylation sites is 1. The van der Waals surface area contributed by atoms with Crippen LogP contribution in [0.5, 0.6) is 11.5 Å². The number of carbonyl (C=O) groups is 3. The van der Waals surface area contributed by atoms with E-state index in [1.165, 1.54) is 4.90 Å². The maximum Gasteiger partial charge on any atom is 0.255 e. The molecule has 6 nitrogen and oxygen atoms in total. The van der Waals surface area contributed by atoms with Crippen LogP contribution in [0, 0.1) is 11.8 Å². The lowest BCUT2D eigenvalue weighted by molar-refractivity contribution is -0.122. The molecule has 1 N–H and O–H groups in total. The molecule has 0 unspecified atom stereocenters. The number of amides is 3. The Hall–Kier alpha value is -4.19. The number of allylic oxidation sites excluding steroid dienone is 2. The molecule has 3 aromatic rings. The van der Waals surface area contributed by atoms with Gasteiger partial charge in [-0.25, -0.2) is 0 Å². The number of ether oxygens (including phenoxy) is 1. The molecule has 1 aliphatic heterocycles. The van der Waals surface area contributed by atoms with E-state index in [0.29, 0.717) is 35.5 Å². The van der Waals surface area contributed by atoms with E-state index in [1.54, 1.807) is 48.5 Å². The second kappa shape index (κ2) is 8.98. The molecule has 5 rings (SSSR count). The number of nitrogens with zero attached hydrogens (tertiary/aromatic N) is 1. The van der Waals surface area contributed by atoms with Crippen molar-refractivity contribution < 1.29 is 19.1 Å². The zero-order chi connectivity index (χ0) is 23.7. The van der Waals surface area contributed by atoms with Gasteiger partial charge >= 0.3 is 0 Å². The van der Waals surface area contributed by atoms with Gasteiger partial charge in [-0.2, -0.15) is 0 Å². The van der Waals surface area contributed by atoms with E-state index in [0.717, 1.165) is 11.3 Å². The third-order valence-electron chi connectivity index (χ3n) is 6.28. The summed E-state index contributed by atoms with van der Waals surface area (Å²) in [5.74, 6) is 0.0557. The van der Waals surface area contributed by atoms with Crippen molar-refractivity contribution in [3.63, 3.8) is 0 Å². The van der Waals surface area contributed by atoms with Gasteiger partial charge in [0.05, 0.1) is 17.5 Å². The Morgan fingerprint density at radius 2 is 1.59 bits per heavy atom. The van der Waals surface area contributed by atoms with Crippen LogP contribution in [0.15, 0.2) is 90.5 Å². The van der Waals surface area contributed by atoms with Gasteiger partial charge in [-0.3, -0.25) is 19.3 Å². The maximum atomic E-state index is 13.0. The maximum absolute atomic E-state index is 13.0. The van der Waals surface area contributed by atoms with E-state index in [9.17, 15) is 14.4 Å². The van der Waals surface area contributed by atoms with Crippen molar-refractivity contribution in [1.82, 2.24) is 0 Å². The third kappa shape index (κ3) is 4.22. The van der Waals surface area contributed by atoms with Crippen LogP contribution in [-0.4, -0.2) is 17.7 Å². The fraction of sp³-hybridized carbons (Fsp3) is 0.179. The molecule has 34 heavy (non-hydrogen) atoms. The van der Waals surface area contributed by atoms with Crippen molar-refractivity contribution in [2.24, 2.45) is 11.8 Å². The van der Waals surface area contributed by atoms with Gasteiger partial charge in [-0.1, -0.05) is 35.9 Å². The minimum atomic E-state index is -0.326. The van der Waals surface area contributed by atoms with Crippen molar-refractivity contribution in [2.45, 2.75) is 19.8 Å². The summed E-state index contributed by atoms with van der Waals surface area (Å²) in [4.78, 5) is 40.1. The van der Waals surface area contributed by atoms with Crippen molar-refractivity contribution in [2.75, 3.05) is 10.2 Å². The van der Waals surface area contributed by atoms with Crippen LogP contribution in [0.25, 0.3) is 0 Å². The predicted octanol–water partition coefficient (Wildman–Crippen LogP) is 5.58. The minimum absolute atomic E-state index is 0.186. The molecule has 6 heteroatoms. The smallest absolute Gasteiger partial charge is 0.255 e. The summed E-state index contributed by atoms with van der Waals surface area (Å²) in [6.07, 6.45) is 3.23. The van der Waals surface area contributed by atoms with Crippen LogP contribution in [-0.2, 0) is 9.59 Å². The first-order chi connectivity index (χ1) is 16.5. The van der Waals surface area contributed by atoms with Crippen LogP contribution in [0.3, 0.4) is 0 Å². The highest BCUT2D eigenvalue weighted by Crippen LogP contribution is 2.39. The van der Waals surface area contributed by atoms with Gasteiger partial charge < -0.3 is 10.1 Å². The summed E-state index contributed by atoms with van der Waals surface area (Å²) >= 11 is 0. The topological polar surface area (TPSA) is 75.7 Å². The number of rotatable bonds is 5. The van der Waals surface area contributed by atoms with Gasteiger partial charge in [0.2, 0.25) is 11.8 Å². The summed E-state index contributed by atoms with van der Waals surface area (Å²) in [5.41, 5.74) is 2.54. The average molecular weight is 453 g/mol. The van der Waals surface area contributed by atoms with E-state index in [1.807, 2.05) is 43.3 Å². The summed E-state index contributed by atoms with van der Waals surface area (Å²) in [6.45, 7) is 1.99. The van der Waals surface area contributed by atoms with Gasteiger partial charge in [0.25, 0.3) is 5.91 Å². The molecule has 3 aromatic carbocycles. The van der Waals surface area contributed by atoms with Gasteiger partial charge in [-0.15, -0.1) is 0 Å². The molecule has 0 spiro atoms. The lowest BCUT2D eigenvalue weighted by Crippen LogP contribution is -2.31. The Balaban J connectivity index is 1.29. The zero-order valence-corrected chi connectivity index (χ0v) is 18.7. The Kier molecular flexibility index (Phi) is 5.72. The lowest BCUT2D eigenvalue weighted by Gasteiger charge is -2.18. The van der Waals surface area contributed by atoms with Crippen LogP contribution >= 0.6 is 0 Å². The number of hydrogen-bond acceptors (Lipinski definition) is 4. The molecule has 0 saturated carbocycles. The first-order valence-electron chi connectivity index (χ1n) is 11.3. The summed E-state index contributed by atoms with van der Waals surface area (Å²) in [7, 11) is 0. The molecule has 0 aromatic heterocycles. The number of hydrogen-bond donors (Lipinski definition) is 1. The van der Waals surface area contributed by atoms with E-state index < -0.39 is 0 Å². The number of carbonyl (C=O) groups excluding carboxylic acids is 3. The van der Waals surface area contributed by atoms with Crippen molar-refractivity contribution in [3.8, 4) is 11.5 Å². The number of nitrogens with one attached hydrogen (secondary N) is 1. The molecule has 3 amide bonds. The van der Waals surface area contributed by atoms with Crippen molar-refractivity contribution in [1.29, 1.82) is 0 Å². The predicted molar refractivity (Wildman–Crippen MR) is 130 cm³/mol. The van der Waals surface area contributed by atoms with Crippen LogP contribution < -0.4 is 15.0 Å². The van der Waals surface area contributed by atoms with Crippen molar-refractivity contribution in [3.05, 3.63) is 96.1 Å². The normalized spacial score (nSPS) is 19.4. The fourth-order valence-corrected chi connectivity index (χ4v) is 4.51. The van der Waals surface area contributed by atoms with Crippen LogP contribution in [0.4, 0.5) is 11.4 Å². The zero-order valence-electron chi connectivity index (χ0n) is 18.7. The number of benzene rings is 3. The van der Waals surface area contributed by atoms with Crippen molar-refractivity contribution >= 4 is 29.1 Å². The summed E-state index contributed by atoms with van der Waals surface area (Å²) < 4.78 is 5.78. The van der Waals surface area contributed by atoms with Gasteiger partial charge in [0, 0.05) is 11.3 Å². The van der Waals surface area contributed by atoms with E-state index >= 15 is 0 Å². The molecule has 1 fully saturated rings. The monoisotopic (exact) mass is 452 g/mol. The molecule has 0 radical (unpaired) electrons. The highest BCUT2D eigenvalue weighted by Gasteiger charge is 2.48. The Morgan fingerprint density at radius 1 is 0.882 bits per heavy atom. The largest absolute Gasteiger partial charge is 0.457 e. The van der Waals surface area contributed by atoms with Gasteiger partial charge in [0.1, 0.15) is 11.5 Å². The van der Waals surface area contributed by atoms with Gasteiger partial charge in [0.15, 0.2) is 0 Å². The van der Waals surface area contributed by atoms with Gasteiger partial charge in [-0.05, 0) is 74.4 Å². The molecular formula is C28H24N2O4. The van der Waals surface area contributed by atoms with E-state index in [2.05, 4.69) is 5.32 Å². The Morgan fingerprint density at radius 3 is 2.35 bits per heavy atom. The molecule has 1 aliphatic carbocycles. The Bertz CT molecular complexity index is 1280. The quantitative estimate of drug-likeness (QED) is 0.405. The average Bonchev–Trinajstić information content (AvgIpc) is 3.10. The number of anilines is 2. The molecule has 2 atom stereocenters. The molecule has 2 aliphatic rings. The second-order valence-corrected chi connectivity index (χ2v) is 8.66. The minimum Gasteiger partial charge on any atom is -0.457 e. The number of fused-ring (bicyclic) bond motifs is 1. The SMILES string of the molecule is CC1=CC[C@H]2C(=O)N(c3cccc(C(=O)Nc4ccc(Oc5ccccc5)cc4)c3)C(=O)[C@@H]2C1. The molecule has 0 bridgehead atoms. The van der Waals surface area contributed by atoms with E-state index in [-0.39, 0.29) is 29.6 Å². The summed E-state index contributed by atoms with van der Waals surface area (Å²) in [6, 6.07) is 23.1. The first-order valence-corrected chi connectivity index (χ1v) is 11.3. The highest BCUT2D eigenvalue weighted by molar-refractivity contribution is 6.22. The second-order valence-electron chi connectivity index (χ2n) is 8.66. The number of imide groups is 1. The molecular weight excluding hydrogens is 428 g/mol. The summed E-state index contributed by atoms with van der Waals surface area (Å²) in [5, 5.41) is 2.85. The molecule has 170 valence electrons. The van der Waals surface area contributed by atoms with E-state index in [4.69, 9.17) is 4.74 Å². The molecule has 1 saturated heterocycles. The first kappa shape index (κ1) is 21.6. The fourth-order valence-electron chi connectivity index (χ4n) is 4.51. The third-order valence-corrected chi connectivity index (χ3v) is 6.28. The Labute approximate surface area is 197 Å². The molecule has 1 heterocycles.